The van der Waals surface area contributed by atoms with Crippen LogP contribution >= 0.6 is 35.4 Å². The van der Waals surface area contributed by atoms with E-state index >= 15 is 0 Å². The molecule has 0 spiro atoms. The highest BCUT2D eigenvalue weighted by Gasteiger charge is 2.00. The Bertz CT molecular complexity index is 751. The van der Waals surface area contributed by atoms with Gasteiger partial charge in [0.25, 0.3) is 0 Å². The topological polar surface area (TPSA) is 60.2 Å². The Morgan fingerprint density at radius 1 is 1.14 bits per heavy atom. The molecule has 4 nitrogen and oxygen atoms in total. The van der Waals surface area contributed by atoms with E-state index in [0.717, 1.165) is 5.56 Å². The summed E-state index contributed by atoms with van der Waals surface area (Å²) in [6.45, 7) is 0. The van der Waals surface area contributed by atoms with Gasteiger partial charge in [-0.2, -0.15) is 10.4 Å². The SMILES string of the molecule is N#Cc1ccc(/C=N\NC(=S)Nc2ccc(Cl)c(Cl)c2)cc1. The Hall–Kier alpha value is -2.13. The van der Waals surface area contributed by atoms with E-state index in [1.54, 1.807) is 48.7 Å². The van der Waals surface area contributed by atoms with E-state index in [-0.39, 0.29) is 0 Å². The zero-order valence-corrected chi connectivity index (χ0v) is 13.5. The zero-order chi connectivity index (χ0) is 15.9. The second kappa shape index (κ2) is 7.76. The first kappa shape index (κ1) is 16.2. The summed E-state index contributed by atoms with van der Waals surface area (Å²) in [6, 6.07) is 14.2. The van der Waals surface area contributed by atoms with Gasteiger partial charge in [-0.1, -0.05) is 35.3 Å². The van der Waals surface area contributed by atoms with Crippen molar-refractivity contribution < 1.29 is 0 Å². The lowest BCUT2D eigenvalue weighted by atomic mass is 10.2. The average Bonchev–Trinajstić information content (AvgIpc) is 2.51. The lowest BCUT2D eigenvalue weighted by Gasteiger charge is -2.07. The van der Waals surface area contributed by atoms with Crippen molar-refractivity contribution >= 4 is 52.4 Å². The first-order valence-electron chi connectivity index (χ1n) is 6.14. The monoisotopic (exact) mass is 348 g/mol. The molecule has 0 amide bonds. The molecule has 2 aromatic rings. The van der Waals surface area contributed by atoms with Crippen molar-refractivity contribution in [3.05, 3.63) is 63.6 Å². The molecule has 0 aromatic heterocycles. The highest BCUT2D eigenvalue weighted by atomic mass is 35.5. The van der Waals surface area contributed by atoms with E-state index in [1.165, 1.54) is 0 Å². The van der Waals surface area contributed by atoms with Crippen molar-refractivity contribution in [2.75, 3.05) is 5.32 Å². The number of hydrazone groups is 1. The number of benzene rings is 2. The summed E-state index contributed by atoms with van der Waals surface area (Å²) < 4.78 is 0. The van der Waals surface area contributed by atoms with E-state index in [0.29, 0.717) is 26.4 Å². The molecule has 0 bridgehead atoms. The van der Waals surface area contributed by atoms with Crippen molar-refractivity contribution in [1.29, 1.82) is 5.26 Å². The van der Waals surface area contributed by atoms with Gasteiger partial charge in [0.15, 0.2) is 5.11 Å². The number of halogens is 2. The van der Waals surface area contributed by atoms with Crippen molar-refractivity contribution in [1.82, 2.24) is 5.43 Å². The van der Waals surface area contributed by atoms with Crippen LogP contribution in [0.2, 0.25) is 10.0 Å². The van der Waals surface area contributed by atoms with Crippen molar-refractivity contribution in [3.63, 3.8) is 0 Å². The second-order valence-electron chi connectivity index (χ2n) is 4.19. The molecule has 2 rings (SSSR count). The third kappa shape index (κ3) is 4.71. The maximum Gasteiger partial charge on any atom is 0.191 e. The third-order valence-corrected chi connectivity index (χ3v) is 3.53. The number of anilines is 1. The van der Waals surface area contributed by atoms with E-state index in [4.69, 9.17) is 40.7 Å². The van der Waals surface area contributed by atoms with Crippen LogP contribution in [0.25, 0.3) is 0 Å². The molecule has 0 aliphatic carbocycles. The molecule has 0 radical (unpaired) electrons. The van der Waals surface area contributed by atoms with Gasteiger partial charge in [0.2, 0.25) is 0 Å². The van der Waals surface area contributed by atoms with Gasteiger partial charge in [-0.15, -0.1) is 0 Å². The number of hydrogen-bond donors (Lipinski definition) is 2. The van der Waals surface area contributed by atoms with Crippen LogP contribution in [0.4, 0.5) is 5.69 Å². The number of nitrogens with zero attached hydrogens (tertiary/aromatic N) is 2. The maximum absolute atomic E-state index is 8.72. The van der Waals surface area contributed by atoms with Gasteiger partial charge >= 0.3 is 0 Å². The van der Waals surface area contributed by atoms with Crippen molar-refractivity contribution in [2.24, 2.45) is 5.10 Å². The predicted octanol–water partition coefficient (Wildman–Crippen LogP) is 4.19. The summed E-state index contributed by atoms with van der Waals surface area (Å²) in [4.78, 5) is 0. The van der Waals surface area contributed by atoms with Crippen LogP contribution < -0.4 is 10.7 Å². The molecule has 2 aromatic carbocycles. The molecule has 0 atom stereocenters. The smallest absolute Gasteiger partial charge is 0.191 e. The molecule has 0 aliphatic heterocycles. The molecule has 7 heteroatoms. The Morgan fingerprint density at radius 3 is 2.50 bits per heavy atom. The summed E-state index contributed by atoms with van der Waals surface area (Å²) in [6.07, 6.45) is 1.60. The van der Waals surface area contributed by atoms with Gasteiger partial charge in [-0.3, -0.25) is 5.43 Å². The zero-order valence-electron chi connectivity index (χ0n) is 11.2. The molecular formula is C15H10Cl2N4S. The maximum atomic E-state index is 8.72. The Labute approximate surface area is 143 Å². The fourth-order valence-electron chi connectivity index (χ4n) is 1.54. The van der Waals surface area contributed by atoms with E-state index < -0.39 is 0 Å². The van der Waals surface area contributed by atoms with Crippen LogP contribution in [0.1, 0.15) is 11.1 Å². The largest absolute Gasteiger partial charge is 0.331 e. The van der Waals surface area contributed by atoms with E-state index in [9.17, 15) is 0 Å². The number of hydrogen-bond acceptors (Lipinski definition) is 3. The highest BCUT2D eigenvalue weighted by Crippen LogP contribution is 2.24. The summed E-state index contributed by atoms with van der Waals surface area (Å²) in [5, 5.41) is 16.9. The average molecular weight is 349 g/mol. The summed E-state index contributed by atoms with van der Waals surface area (Å²) >= 11 is 16.9. The summed E-state index contributed by atoms with van der Waals surface area (Å²) in [5.74, 6) is 0. The minimum atomic E-state index is 0.322. The lowest BCUT2D eigenvalue weighted by Crippen LogP contribution is -2.23. The van der Waals surface area contributed by atoms with Gasteiger partial charge in [-0.25, -0.2) is 0 Å². The fraction of sp³-hybridized carbons (Fsp3) is 0. The first-order valence-corrected chi connectivity index (χ1v) is 7.30. The summed E-state index contributed by atoms with van der Waals surface area (Å²) in [5.41, 5.74) is 4.85. The van der Waals surface area contributed by atoms with Crippen LogP contribution in [-0.2, 0) is 0 Å². The predicted molar refractivity (Wildman–Crippen MR) is 94.6 cm³/mol. The van der Waals surface area contributed by atoms with Crippen LogP contribution in [0, 0.1) is 11.3 Å². The fourth-order valence-corrected chi connectivity index (χ4v) is 2.01. The number of rotatable bonds is 3. The van der Waals surface area contributed by atoms with Crippen LogP contribution in [0.5, 0.6) is 0 Å². The Balaban J connectivity index is 1.90. The molecule has 0 heterocycles. The standard InChI is InChI=1S/C15H10Cl2N4S/c16-13-6-5-12(7-14(13)17)20-15(22)21-19-9-11-3-1-10(8-18)2-4-11/h1-7,9H,(H2,20,21,22)/b19-9-. The van der Waals surface area contributed by atoms with E-state index in [1.807, 2.05) is 0 Å². The number of thiocarbonyl (C=S) groups is 1. The van der Waals surface area contributed by atoms with Crippen LogP contribution in [0.3, 0.4) is 0 Å². The molecule has 0 saturated carbocycles. The van der Waals surface area contributed by atoms with Gasteiger partial charge < -0.3 is 5.32 Å². The molecule has 0 fully saturated rings. The van der Waals surface area contributed by atoms with Gasteiger partial charge in [0, 0.05) is 5.69 Å². The highest BCUT2D eigenvalue weighted by molar-refractivity contribution is 7.80. The summed E-state index contributed by atoms with van der Waals surface area (Å²) in [7, 11) is 0. The molecule has 0 saturated heterocycles. The number of nitrogens with one attached hydrogen (secondary N) is 2. The minimum absolute atomic E-state index is 0.322. The minimum Gasteiger partial charge on any atom is -0.331 e. The van der Waals surface area contributed by atoms with Gasteiger partial charge in [0.1, 0.15) is 0 Å². The van der Waals surface area contributed by atoms with Gasteiger partial charge in [0.05, 0.1) is 27.9 Å². The van der Waals surface area contributed by atoms with Crippen LogP contribution in [0.15, 0.2) is 47.6 Å². The van der Waals surface area contributed by atoms with Crippen molar-refractivity contribution in [3.8, 4) is 6.07 Å². The Kier molecular flexibility index (Phi) is 5.73. The van der Waals surface area contributed by atoms with Crippen LogP contribution in [-0.4, -0.2) is 11.3 Å². The van der Waals surface area contributed by atoms with E-state index in [2.05, 4.69) is 21.9 Å². The Morgan fingerprint density at radius 2 is 1.86 bits per heavy atom. The molecule has 2 N–H and O–H groups in total. The molecule has 110 valence electrons. The van der Waals surface area contributed by atoms with Gasteiger partial charge in [-0.05, 0) is 48.1 Å². The third-order valence-electron chi connectivity index (χ3n) is 2.60. The number of nitriles is 1. The lowest BCUT2D eigenvalue weighted by molar-refractivity contribution is 1.05. The molecule has 22 heavy (non-hydrogen) atoms. The molecular weight excluding hydrogens is 339 g/mol. The second-order valence-corrected chi connectivity index (χ2v) is 5.41. The quantitative estimate of drug-likeness (QED) is 0.496. The molecule has 0 unspecified atom stereocenters. The molecule has 0 aliphatic rings. The normalized spacial score (nSPS) is 10.2. The first-order chi connectivity index (χ1) is 10.6. The van der Waals surface area contributed by atoms with Crippen molar-refractivity contribution in [2.45, 2.75) is 0 Å².